The van der Waals surface area contributed by atoms with E-state index in [1.165, 1.54) is 24.3 Å². The van der Waals surface area contributed by atoms with E-state index < -0.39 is 34.8 Å². The fourth-order valence-electron chi connectivity index (χ4n) is 3.10. The lowest BCUT2D eigenvalue weighted by Gasteiger charge is -2.18. The Kier molecular flexibility index (Phi) is 5.79. The molecule has 30 heavy (non-hydrogen) atoms. The molecule has 10 heteroatoms. The van der Waals surface area contributed by atoms with Gasteiger partial charge in [-0.15, -0.1) is 0 Å². The third kappa shape index (κ3) is 4.13. The fourth-order valence-corrected chi connectivity index (χ4v) is 3.10. The molecule has 158 valence electrons. The molecule has 3 rings (SSSR count). The van der Waals surface area contributed by atoms with Crippen LogP contribution in [0, 0.1) is 0 Å². The molecule has 0 bridgehead atoms. The van der Waals surface area contributed by atoms with Gasteiger partial charge >= 0.3 is 12.2 Å². The van der Waals surface area contributed by atoms with Crippen molar-refractivity contribution in [2.24, 2.45) is 5.73 Å². The van der Waals surface area contributed by atoms with Crippen molar-refractivity contribution in [3.8, 4) is 5.69 Å². The van der Waals surface area contributed by atoms with Crippen LogP contribution in [0.4, 0.5) is 23.7 Å². The number of hydrogen-bond acceptors (Lipinski definition) is 4. The normalized spacial score (nSPS) is 12.6. The van der Waals surface area contributed by atoms with Crippen molar-refractivity contribution in [3.63, 3.8) is 0 Å². The monoisotopic (exact) mass is 419 g/mol. The molecule has 1 unspecified atom stereocenters. The lowest BCUT2D eigenvalue weighted by atomic mass is 10.1. The number of nitrogens with zero attached hydrogens (tertiary/aromatic N) is 2. The number of aromatic nitrogens is 2. The van der Waals surface area contributed by atoms with Crippen molar-refractivity contribution in [2.75, 3.05) is 11.9 Å². The minimum atomic E-state index is -4.73. The van der Waals surface area contributed by atoms with Crippen LogP contribution in [-0.4, -0.2) is 22.1 Å². The van der Waals surface area contributed by atoms with E-state index in [4.69, 9.17) is 5.73 Å². The molecule has 0 fully saturated rings. The van der Waals surface area contributed by atoms with E-state index in [1.807, 2.05) is 0 Å². The SMILES string of the molecule is CCNC(=O)Nc1cccc(-n2c(C(C)N)nc3cccc(C(F)(F)F)c3c2=O)c1. The van der Waals surface area contributed by atoms with Crippen LogP contribution in [-0.2, 0) is 6.18 Å². The van der Waals surface area contributed by atoms with E-state index in [-0.39, 0.29) is 17.0 Å². The number of halogens is 3. The molecule has 1 aromatic heterocycles. The lowest BCUT2D eigenvalue weighted by molar-refractivity contribution is -0.136. The first-order chi connectivity index (χ1) is 14.1. The summed E-state index contributed by atoms with van der Waals surface area (Å²) in [6.45, 7) is 3.74. The standard InChI is InChI=1S/C20H20F3N5O2/c1-3-25-19(30)26-12-6-4-7-13(10-12)28-17(11(2)24)27-15-9-5-8-14(20(21,22)23)16(15)18(28)29/h4-11H,3,24H2,1-2H3,(H2,25,26,30). The smallest absolute Gasteiger partial charge is 0.338 e. The number of alkyl halides is 3. The molecule has 0 aliphatic rings. The van der Waals surface area contributed by atoms with E-state index in [1.54, 1.807) is 26.0 Å². The van der Waals surface area contributed by atoms with Crippen molar-refractivity contribution in [1.29, 1.82) is 0 Å². The second-order valence-electron chi connectivity index (χ2n) is 6.63. The highest BCUT2D eigenvalue weighted by Crippen LogP contribution is 2.33. The Labute approximate surface area is 169 Å². The Bertz CT molecular complexity index is 1160. The zero-order chi connectivity index (χ0) is 22.1. The molecule has 0 saturated heterocycles. The van der Waals surface area contributed by atoms with Gasteiger partial charge in [-0.3, -0.25) is 9.36 Å². The molecule has 1 heterocycles. The number of carbonyl (C=O) groups is 1. The number of hydrogen-bond donors (Lipinski definition) is 3. The van der Waals surface area contributed by atoms with Crippen molar-refractivity contribution in [3.05, 3.63) is 64.2 Å². The number of carbonyl (C=O) groups excluding carboxylic acids is 1. The third-order valence-electron chi connectivity index (χ3n) is 4.34. The number of anilines is 1. The summed E-state index contributed by atoms with van der Waals surface area (Å²) < 4.78 is 41.6. The van der Waals surface area contributed by atoms with Gasteiger partial charge in [-0.1, -0.05) is 12.1 Å². The van der Waals surface area contributed by atoms with Gasteiger partial charge in [-0.05, 0) is 44.2 Å². The topological polar surface area (TPSA) is 102 Å². The first-order valence-electron chi connectivity index (χ1n) is 9.17. The van der Waals surface area contributed by atoms with Crippen LogP contribution in [0.2, 0.25) is 0 Å². The molecule has 2 aromatic carbocycles. The number of benzene rings is 2. The van der Waals surface area contributed by atoms with Crippen LogP contribution < -0.4 is 21.9 Å². The number of urea groups is 1. The lowest BCUT2D eigenvalue weighted by Crippen LogP contribution is -2.30. The molecular weight excluding hydrogens is 399 g/mol. The third-order valence-corrected chi connectivity index (χ3v) is 4.34. The van der Waals surface area contributed by atoms with Gasteiger partial charge in [0.1, 0.15) is 5.82 Å². The summed E-state index contributed by atoms with van der Waals surface area (Å²) in [5.74, 6) is 0.0991. The van der Waals surface area contributed by atoms with Gasteiger partial charge in [-0.2, -0.15) is 13.2 Å². The van der Waals surface area contributed by atoms with E-state index in [0.29, 0.717) is 12.2 Å². The average molecular weight is 419 g/mol. The van der Waals surface area contributed by atoms with E-state index in [0.717, 1.165) is 10.6 Å². The summed E-state index contributed by atoms with van der Waals surface area (Å²) in [7, 11) is 0. The van der Waals surface area contributed by atoms with Crippen LogP contribution in [0.25, 0.3) is 16.6 Å². The number of amides is 2. The molecule has 0 radical (unpaired) electrons. The number of nitrogens with two attached hydrogens (primary N) is 1. The largest absolute Gasteiger partial charge is 0.417 e. The second-order valence-corrected chi connectivity index (χ2v) is 6.63. The van der Waals surface area contributed by atoms with Gasteiger partial charge in [0.05, 0.1) is 28.2 Å². The zero-order valence-corrected chi connectivity index (χ0v) is 16.2. The zero-order valence-electron chi connectivity index (χ0n) is 16.2. The number of fused-ring (bicyclic) bond motifs is 1. The van der Waals surface area contributed by atoms with Gasteiger partial charge in [-0.25, -0.2) is 9.78 Å². The molecule has 7 nitrogen and oxygen atoms in total. The van der Waals surface area contributed by atoms with Gasteiger partial charge in [0, 0.05) is 12.2 Å². The van der Waals surface area contributed by atoms with Crippen LogP contribution in [0.5, 0.6) is 0 Å². The molecule has 0 aliphatic heterocycles. The predicted molar refractivity (Wildman–Crippen MR) is 108 cm³/mol. The van der Waals surface area contributed by atoms with Crippen LogP contribution in [0.3, 0.4) is 0 Å². The Balaban J connectivity index is 2.28. The summed E-state index contributed by atoms with van der Waals surface area (Å²) in [5.41, 5.74) is 4.50. The first-order valence-corrected chi connectivity index (χ1v) is 9.17. The van der Waals surface area contributed by atoms with E-state index in [9.17, 15) is 22.8 Å². The number of nitrogens with one attached hydrogen (secondary N) is 2. The minimum Gasteiger partial charge on any atom is -0.338 e. The maximum atomic E-state index is 13.5. The van der Waals surface area contributed by atoms with Crippen molar-refractivity contribution in [2.45, 2.75) is 26.1 Å². The van der Waals surface area contributed by atoms with Gasteiger partial charge in [0.15, 0.2) is 0 Å². The molecular formula is C20H20F3N5O2. The average Bonchev–Trinajstić information content (AvgIpc) is 2.67. The summed E-state index contributed by atoms with van der Waals surface area (Å²) in [4.78, 5) is 29.3. The fraction of sp³-hybridized carbons (Fsp3) is 0.250. The Hall–Kier alpha value is -3.40. The maximum Gasteiger partial charge on any atom is 0.417 e. The van der Waals surface area contributed by atoms with Crippen molar-refractivity contribution in [1.82, 2.24) is 14.9 Å². The second kappa shape index (κ2) is 8.15. The van der Waals surface area contributed by atoms with Crippen molar-refractivity contribution >= 4 is 22.6 Å². The molecule has 4 N–H and O–H groups in total. The molecule has 3 aromatic rings. The highest BCUT2D eigenvalue weighted by Gasteiger charge is 2.34. The Morgan fingerprint density at radius 3 is 2.57 bits per heavy atom. The van der Waals surface area contributed by atoms with E-state index >= 15 is 0 Å². The quantitative estimate of drug-likeness (QED) is 0.602. The summed E-state index contributed by atoms with van der Waals surface area (Å²) in [5, 5.41) is 4.62. The molecule has 2 amide bonds. The van der Waals surface area contributed by atoms with Gasteiger partial charge < -0.3 is 16.4 Å². The molecule has 0 spiro atoms. The molecule has 1 atom stereocenters. The maximum absolute atomic E-state index is 13.5. The van der Waals surface area contributed by atoms with E-state index in [2.05, 4.69) is 15.6 Å². The van der Waals surface area contributed by atoms with Gasteiger partial charge in [0.2, 0.25) is 0 Å². The van der Waals surface area contributed by atoms with Crippen molar-refractivity contribution < 1.29 is 18.0 Å². The van der Waals surface area contributed by atoms with Crippen LogP contribution >= 0.6 is 0 Å². The Morgan fingerprint density at radius 2 is 1.93 bits per heavy atom. The highest BCUT2D eigenvalue weighted by molar-refractivity contribution is 5.89. The molecule has 0 saturated carbocycles. The Morgan fingerprint density at radius 1 is 1.23 bits per heavy atom. The first kappa shape index (κ1) is 21.3. The molecule has 0 aliphatic carbocycles. The predicted octanol–water partition coefficient (Wildman–Crippen LogP) is 3.57. The summed E-state index contributed by atoms with van der Waals surface area (Å²) in [6.07, 6.45) is -4.73. The van der Waals surface area contributed by atoms with Crippen LogP contribution in [0.15, 0.2) is 47.3 Å². The minimum absolute atomic E-state index is 0.0880. The summed E-state index contributed by atoms with van der Waals surface area (Å²) >= 11 is 0. The number of rotatable bonds is 4. The van der Waals surface area contributed by atoms with Gasteiger partial charge in [0.25, 0.3) is 5.56 Å². The summed E-state index contributed by atoms with van der Waals surface area (Å²) in [6, 6.07) is 8.33. The highest BCUT2D eigenvalue weighted by atomic mass is 19.4. The van der Waals surface area contributed by atoms with Crippen LogP contribution in [0.1, 0.15) is 31.3 Å².